The standard InChI is InChI=1S/C25H22F6N2O3/c26-24(27,28)17-13-16(14-18(15-17)25(29,30)31)23(34)32-21-5-6-22(20-4-2-1-3-19(20)21)36-12-9-33-7-10-35-11-8-33/h1-6,13-15H,7-12H2,(H,32,34). The van der Waals surface area contributed by atoms with Gasteiger partial charge >= 0.3 is 12.4 Å². The average Bonchev–Trinajstić information content (AvgIpc) is 2.84. The Balaban J connectivity index is 1.57. The largest absolute Gasteiger partial charge is 0.492 e. The summed E-state index contributed by atoms with van der Waals surface area (Å²) in [6, 6.07) is 10.8. The van der Waals surface area contributed by atoms with E-state index in [0.29, 0.717) is 55.0 Å². The number of carbonyl (C=O) groups excluding carboxylic acids is 1. The van der Waals surface area contributed by atoms with E-state index >= 15 is 0 Å². The van der Waals surface area contributed by atoms with Gasteiger partial charge in [-0.1, -0.05) is 24.3 Å². The predicted molar refractivity (Wildman–Crippen MR) is 121 cm³/mol. The first-order valence-electron chi connectivity index (χ1n) is 11.1. The molecule has 192 valence electrons. The molecule has 1 saturated heterocycles. The molecule has 4 rings (SSSR count). The highest BCUT2D eigenvalue weighted by atomic mass is 19.4. The molecule has 0 atom stereocenters. The van der Waals surface area contributed by atoms with Gasteiger partial charge in [0, 0.05) is 41.7 Å². The first kappa shape index (κ1) is 25.8. The maximum atomic E-state index is 13.2. The second kappa shape index (κ2) is 10.4. The van der Waals surface area contributed by atoms with Crippen LogP contribution in [-0.2, 0) is 17.1 Å². The van der Waals surface area contributed by atoms with Crippen molar-refractivity contribution in [3.8, 4) is 5.75 Å². The Morgan fingerprint density at radius 1 is 0.889 bits per heavy atom. The molecule has 3 aromatic carbocycles. The van der Waals surface area contributed by atoms with Crippen molar-refractivity contribution in [1.82, 2.24) is 4.90 Å². The number of benzene rings is 3. The van der Waals surface area contributed by atoms with Gasteiger partial charge < -0.3 is 14.8 Å². The number of carbonyl (C=O) groups is 1. The summed E-state index contributed by atoms with van der Waals surface area (Å²) >= 11 is 0. The van der Waals surface area contributed by atoms with Crippen molar-refractivity contribution < 1.29 is 40.6 Å². The van der Waals surface area contributed by atoms with Crippen LogP contribution in [0, 0.1) is 0 Å². The normalized spacial score (nSPS) is 15.2. The van der Waals surface area contributed by atoms with E-state index in [1.807, 2.05) is 0 Å². The molecule has 0 aliphatic carbocycles. The number of halogens is 6. The molecule has 36 heavy (non-hydrogen) atoms. The van der Waals surface area contributed by atoms with E-state index in [0.717, 1.165) is 13.1 Å². The van der Waals surface area contributed by atoms with Gasteiger partial charge in [0.05, 0.1) is 24.3 Å². The molecule has 3 aromatic rings. The molecular formula is C25H22F6N2O3. The molecule has 1 aliphatic rings. The Hall–Kier alpha value is -3.31. The second-order valence-corrected chi connectivity index (χ2v) is 8.21. The minimum atomic E-state index is -5.05. The Labute approximate surface area is 202 Å². The number of morpholine rings is 1. The predicted octanol–water partition coefficient (Wildman–Crippen LogP) is 5.84. The molecule has 0 radical (unpaired) electrons. The molecule has 11 heteroatoms. The van der Waals surface area contributed by atoms with Gasteiger partial charge in [0.1, 0.15) is 12.4 Å². The quantitative estimate of drug-likeness (QED) is 0.422. The van der Waals surface area contributed by atoms with Gasteiger partial charge in [-0.05, 0) is 30.3 Å². The van der Waals surface area contributed by atoms with Crippen LogP contribution < -0.4 is 10.1 Å². The Morgan fingerprint density at radius 2 is 1.50 bits per heavy atom. The van der Waals surface area contributed by atoms with E-state index in [9.17, 15) is 31.1 Å². The lowest BCUT2D eigenvalue weighted by Gasteiger charge is -2.26. The molecule has 0 aromatic heterocycles. The summed E-state index contributed by atoms with van der Waals surface area (Å²) in [5.41, 5.74) is -3.65. The van der Waals surface area contributed by atoms with E-state index in [1.165, 1.54) is 6.07 Å². The van der Waals surface area contributed by atoms with Gasteiger partial charge in [0.2, 0.25) is 0 Å². The Morgan fingerprint density at radius 3 is 2.11 bits per heavy atom. The average molecular weight is 512 g/mol. The Bertz CT molecular complexity index is 1200. The number of ether oxygens (including phenoxy) is 2. The highest BCUT2D eigenvalue weighted by Crippen LogP contribution is 2.37. The summed E-state index contributed by atoms with van der Waals surface area (Å²) in [6.07, 6.45) is -10.1. The van der Waals surface area contributed by atoms with Gasteiger partial charge in [-0.25, -0.2) is 0 Å². The van der Waals surface area contributed by atoms with Crippen LogP contribution in [0.1, 0.15) is 21.5 Å². The van der Waals surface area contributed by atoms with E-state index in [-0.39, 0.29) is 11.8 Å². The fourth-order valence-electron chi connectivity index (χ4n) is 3.90. The molecule has 1 amide bonds. The first-order chi connectivity index (χ1) is 17.0. The molecule has 1 N–H and O–H groups in total. The van der Waals surface area contributed by atoms with Crippen LogP contribution in [-0.4, -0.2) is 50.3 Å². The summed E-state index contributed by atoms with van der Waals surface area (Å²) in [4.78, 5) is 15.0. The number of fused-ring (bicyclic) bond motifs is 1. The molecule has 1 heterocycles. The van der Waals surface area contributed by atoms with Gasteiger partial charge in [-0.3, -0.25) is 9.69 Å². The molecule has 1 aliphatic heterocycles. The molecule has 0 unspecified atom stereocenters. The SMILES string of the molecule is O=C(Nc1ccc(OCCN2CCOCC2)c2ccccc12)c1cc(C(F)(F)F)cc(C(F)(F)F)c1. The summed E-state index contributed by atoms with van der Waals surface area (Å²) in [5, 5.41) is 3.60. The number of amides is 1. The van der Waals surface area contributed by atoms with Crippen LogP contribution in [0.15, 0.2) is 54.6 Å². The zero-order valence-electron chi connectivity index (χ0n) is 18.9. The zero-order chi connectivity index (χ0) is 25.9. The number of nitrogens with zero attached hydrogens (tertiary/aromatic N) is 1. The minimum absolute atomic E-state index is 0.0186. The lowest BCUT2D eigenvalue weighted by molar-refractivity contribution is -0.143. The van der Waals surface area contributed by atoms with Gasteiger partial charge in [-0.2, -0.15) is 26.3 Å². The van der Waals surface area contributed by atoms with E-state index in [1.54, 1.807) is 30.3 Å². The van der Waals surface area contributed by atoms with E-state index in [4.69, 9.17) is 9.47 Å². The monoisotopic (exact) mass is 512 g/mol. The van der Waals surface area contributed by atoms with Gasteiger partial charge in [-0.15, -0.1) is 0 Å². The molecule has 1 fully saturated rings. The molecular weight excluding hydrogens is 490 g/mol. The first-order valence-corrected chi connectivity index (χ1v) is 11.1. The highest BCUT2D eigenvalue weighted by molar-refractivity contribution is 6.10. The summed E-state index contributed by atoms with van der Waals surface area (Å²) in [7, 11) is 0. The number of hydrogen-bond donors (Lipinski definition) is 1. The second-order valence-electron chi connectivity index (χ2n) is 8.21. The van der Waals surface area contributed by atoms with E-state index < -0.39 is 35.0 Å². The van der Waals surface area contributed by atoms with Crippen molar-refractivity contribution in [3.63, 3.8) is 0 Å². The summed E-state index contributed by atoms with van der Waals surface area (Å²) < 4.78 is 90.3. The van der Waals surface area contributed by atoms with Crippen molar-refractivity contribution >= 4 is 22.4 Å². The fraction of sp³-hybridized carbons (Fsp3) is 0.320. The third kappa shape index (κ3) is 6.08. The van der Waals surface area contributed by atoms with Gasteiger partial charge in [0.25, 0.3) is 5.91 Å². The fourth-order valence-corrected chi connectivity index (χ4v) is 3.90. The third-order valence-electron chi connectivity index (χ3n) is 5.75. The van der Waals surface area contributed by atoms with Crippen LogP contribution in [0.5, 0.6) is 5.75 Å². The van der Waals surface area contributed by atoms with Crippen LogP contribution in [0.2, 0.25) is 0 Å². The summed E-state index contributed by atoms with van der Waals surface area (Å²) in [6.45, 7) is 4.02. The summed E-state index contributed by atoms with van der Waals surface area (Å²) in [5.74, 6) is -0.562. The maximum absolute atomic E-state index is 13.2. The van der Waals surface area contributed by atoms with Crippen molar-refractivity contribution in [2.24, 2.45) is 0 Å². The molecule has 5 nitrogen and oxygen atoms in total. The zero-order valence-corrected chi connectivity index (χ0v) is 18.9. The van der Waals surface area contributed by atoms with Crippen molar-refractivity contribution in [2.75, 3.05) is 44.8 Å². The van der Waals surface area contributed by atoms with Crippen molar-refractivity contribution in [1.29, 1.82) is 0 Å². The van der Waals surface area contributed by atoms with Crippen molar-refractivity contribution in [2.45, 2.75) is 12.4 Å². The van der Waals surface area contributed by atoms with Crippen LogP contribution >= 0.6 is 0 Å². The molecule has 0 saturated carbocycles. The lowest BCUT2D eigenvalue weighted by atomic mass is 10.0. The Kier molecular flexibility index (Phi) is 7.41. The highest BCUT2D eigenvalue weighted by Gasteiger charge is 2.37. The third-order valence-corrected chi connectivity index (χ3v) is 5.75. The number of hydrogen-bond acceptors (Lipinski definition) is 4. The number of nitrogens with one attached hydrogen (secondary N) is 1. The molecule has 0 bridgehead atoms. The number of rotatable bonds is 6. The topological polar surface area (TPSA) is 50.8 Å². The van der Waals surface area contributed by atoms with Crippen LogP contribution in [0.25, 0.3) is 10.8 Å². The molecule has 0 spiro atoms. The number of alkyl halides is 6. The smallest absolute Gasteiger partial charge is 0.416 e. The van der Waals surface area contributed by atoms with Gasteiger partial charge in [0.15, 0.2) is 0 Å². The van der Waals surface area contributed by atoms with E-state index in [2.05, 4.69) is 10.2 Å². The van der Waals surface area contributed by atoms with Crippen molar-refractivity contribution in [3.05, 3.63) is 71.3 Å². The minimum Gasteiger partial charge on any atom is -0.492 e. The lowest BCUT2D eigenvalue weighted by Crippen LogP contribution is -2.38. The van der Waals surface area contributed by atoms with Crippen LogP contribution in [0.3, 0.4) is 0 Å². The number of anilines is 1. The maximum Gasteiger partial charge on any atom is 0.416 e. The van der Waals surface area contributed by atoms with Crippen LogP contribution in [0.4, 0.5) is 32.0 Å².